The number of alkyl carbamates (subject to hydrolysis) is 1. The molecule has 0 spiro atoms. The van der Waals surface area contributed by atoms with Crippen molar-refractivity contribution >= 4 is 24.0 Å². The van der Waals surface area contributed by atoms with Crippen LogP contribution in [-0.2, 0) is 25.6 Å². The molecule has 1 rings (SSSR count). The second-order valence-electron chi connectivity index (χ2n) is 5.49. The van der Waals surface area contributed by atoms with Gasteiger partial charge in [0.15, 0.2) is 6.61 Å². The van der Waals surface area contributed by atoms with Crippen LogP contribution in [0.5, 0.6) is 0 Å². The number of carbonyl (C=O) groups is 3. The first-order valence-electron chi connectivity index (χ1n) is 8.26. The first-order valence-corrected chi connectivity index (χ1v) is 8.26. The molecule has 26 heavy (non-hydrogen) atoms. The Hall–Kier alpha value is -3.08. The van der Waals surface area contributed by atoms with E-state index in [0.29, 0.717) is 0 Å². The van der Waals surface area contributed by atoms with E-state index in [1.54, 1.807) is 13.0 Å². The zero-order chi connectivity index (χ0) is 19.7. The van der Waals surface area contributed by atoms with Gasteiger partial charge in [0.25, 0.3) is 5.91 Å². The second kappa shape index (κ2) is 10.0. The largest absolute Gasteiger partial charge is 0.451 e. The van der Waals surface area contributed by atoms with Crippen molar-refractivity contribution in [2.75, 3.05) is 13.2 Å². The Balaban J connectivity index is 2.79. The van der Waals surface area contributed by atoms with Gasteiger partial charge in [-0.15, -0.1) is 0 Å². The number of hydrogen-bond acceptors (Lipinski definition) is 6. The minimum Gasteiger partial charge on any atom is -0.451 e. The van der Waals surface area contributed by atoms with Gasteiger partial charge in [0.2, 0.25) is 0 Å². The van der Waals surface area contributed by atoms with E-state index in [1.807, 2.05) is 25.2 Å². The van der Waals surface area contributed by atoms with Gasteiger partial charge in [0.05, 0.1) is 6.61 Å². The van der Waals surface area contributed by atoms with Crippen molar-refractivity contribution in [1.82, 2.24) is 9.88 Å². The summed E-state index contributed by atoms with van der Waals surface area (Å²) in [4.78, 5) is 34.6. The number of nitrogens with zero attached hydrogens (tertiary/aromatic N) is 2. The lowest BCUT2D eigenvalue weighted by atomic mass is 10.1. The Morgan fingerprint density at radius 3 is 2.54 bits per heavy atom. The zero-order valence-corrected chi connectivity index (χ0v) is 15.4. The Kier molecular flexibility index (Phi) is 8.09. The Morgan fingerprint density at radius 1 is 1.27 bits per heavy atom. The molecule has 0 aliphatic heterocycles. The van der Waals surface area contributed by atoms with Gasteiger partial charge in [-0.2, -0.15) is 5.26 Å². The Morgan fingerprint density at radius 2 is 1.96 bits per heavy atom. The third-order valence-corrected chi connectivity index (χ3v) is 3.55. The summed E-state index contributed by atoms with van der Waals surface area (Å²) in [5, 5.41) is 11.1. The van der Waals surface area contributed by atoms with Crippen molar-refractivity contribution in [3.63, 3.8) is 0 Å². The molecule has 0 bridgehead atoms. The summed E-state index contributed by atoms with van der Waals surface area (Å²) in [6, 6.07) is 3.66. The summed E-state index contributed by atoms with van der Waals surface area (Å²) in [5.41, 5.74) is 2.46. The number of amides is 2. The van der Waals surface area contributed by atoms with Crippen molar-refractivity contribution in [2.45, 2.75) is 40.7 Å². The average molecular weight is 361 g/mol. The fraction of sp³-hybridized carbons (Fsp3) is 0.444. The van der Waals surface area contributed by atoms with E-state index in [4.69, 9.17) is 4.74 Å². The molecule has 140 valence electrons. The fourth-order valence-electron chi connectivity index (χ4n) is 2.36. The monoisotopic (exact) mass is 361 g/mol. The molecule has 8 nitrogen and oxygen atoms in total. The van der Waals surface area contributed by atoms with Gasteiger partial charge < -0.3 is 14.0 Å². The van der Waals surface area contributed by atoms with Crippen LogP contribution >= 0.6 is 0 Å². The molecule has 1 heterocycles. The number of aromatic nitrogens is 1. The lowest BCUT2D eigenvalue weighted by Crippen LogP contribution is -2.34. The normalized spacial score (nSPS) is 10.8. The number of nitrogens with one attached hydrogen (secondary N) is 1. The lowest BCUT2D eigenvalue weighted by Gasteiger charge is -2.07. The molecule has 0 unspecified atom stereocenters. The van der Waals surface area contributed by atoms with Crippen LogP contribution in [0.3, 0.4) is 0 Å². The molecule has 0 aliphatic carbocycles. The molecule has 1 aromatic heterocycles. The van der Waals surface area contributed by atoms with Crippen LogP contribution in [0.25, 0.3) is 6.08 Å². The average Bonchev–Trinajstić information content (AvgIpc) is 2.85. The highest BCUT2D eigenvalue weighted by atomic mass is 16.6. The number of carbonyl (C=O) groups excluding carboxylic acids is 3. The molecule has 1 aromatic rings. The third-order valence-electron chi connectivity index (χ3n) is 3.55. The van der Waals surface area contributed by atoms with E-state index in [-0.39, 0.29) is 12.2 Å². The molecule has 8 heteroatoms. The van der Waals surface area contributed by atoms with Gasteiger partial charge >= 0.3 is 12.1 Å². The van der Waals surface area contributed by atoms with E-state index in [0.717, 1.165) is 29.9 Å². The molecule has 0 aromatic carbocycles. The highest BCUT2D eigenvalue weighted by molar-refractivity contribution is 6.00. The van der Waals surface area contributed by atoms with Gasteiger partial charge in [-0.25, -0.2) is 9.59 Å². The molecule has 0 fully saturated rings. The molecular weight excluding hydrogens is 338 g/mol. The summed E-state index contributed by atoms with van der Waals surface area (Å²) in [6.45, 7) is 7.76. The minimum absolute atomic E-state index is 0.108. The maximum absolute atomic E-state index is 12.0. The molecule has 0 aliphatic rings. The molecule has 1 N–H and O–H groups in total. The summed E-state index contributed by atoms with van der Waals surface area (Å²) in [7, 11) is 0. The van der Waals surface area contributed by atoms with Crippen LogP contribution in [0.15, 0.2) is 11.6 Å². The molecule has 2 amide bonds. The Labute approximate surface area is 152 Å². The predicted octanol–water partition coefficient (Wildman–Crippen LogP) is 2.24. The fourth-order valence-corrected chi connectivity index (χ4v) is 2.36. The van der Waals surface area contributed by atoms with E-state index in [1.165, 1.54) is 6.08 Å². The highest BCUT2D eigenvalue weighted by Crippen LogP contribution is 2.19. The maximum Gasteiger partial charge on any atom is 0.413 e. The van der Waals surface area contributed by atoms with Gasteiger partial charge in [-0.05, 0) is 44.9 Å². The quantitative estimate of drug-likeness (QED) is 0.453. The van der Waals surface area contributed by atoms with E-state index >= 15 is 0 Å². The van der Waals surface area contributed by atoms with Gasteiger partial charge in [0, 0.05) is 17.9 Å². The number of hydrogen-bond donors (Lipinski definition) is 1. The van der Waals surface area contributed by atoms with E-state index < -0.39 is 24.6 Å². The number of aryl methyl sites for hydroxylation is 1. The summed E-state index contributed by atoms with van der Waals surface area (Å²) < 4.78 is 11.4. The summed E-state index contributed by atoms with van der Waals surface area (Å²) >= 11 is 0. The summed E-state index contributed by atoms with van der Waals surface area (Å²) in [5.74, 6) is -1.78. The van der Waals surface area contributed by atoms with Gasteiger partial charge in [0.1, 0.15) is 11.6 Å². The third kappa shape index (κ3) is 5.77. The SMILES string of the molecule is CCCn1c(C)cc(C=C(C#N)C(=O)OCC(=O)NC(=O)OCC)c1C. The molecule has 0 saturated heterocycles. The molecule has 0 saturated carbocycles. The standard InChI is InChI=1S/C18H23N3O5/c1-5-7-21-12(3)8-14(13(21)4)9-15(10-19)17(23)26-11-16(22)20-18(24)25-6-2/h8-9H,5-7,11H2,1-4H3,(H,20,22,24). The van der Waals surface area contributed by atoms with Crippen molar-refractivity contribution in [3.8, 4) is 6.07 Å². The number of esters is 1. The highest BCUT2D eigenvalue weighted by Gasteiger charge is 2.16. The van der Waals surface area contributed by atoms with Crippen LogP contribution in [-0.4, -0.2) is 35.8 Å². The van der Waals surface area contributed by atoms with E-state index in [2.05, 4.69) is 16.2 Å². The first kappa shape index (κ1) is 21.0. The smallest absolute Gasteiger partial charge is 0.413 e. The van der Waals surface area contributed by atoms with Crippen molar-refractivity contribution in [3.05, 3.63) is 28.6 Å². The van der Waals surface area contributed by atoms with Crippen molar-refractivity contribution < 1.29 is 23.9 Å². The van der Waals surface area contributed by atoms with Crippen LogP contribution in [0, 0.1) is 25.2 Å². The topological polar surface area (TPSA) is 110 Å². The van der Waals surface area contributed by atoms with Crippen LogP contribution in [0.2, 0.25) is 0 Å². The zero-order valence-electron chi connectivity index (χ0n) is 15.4. The van der Waals surface area contributed by atoms with Crippen molar-refractivity contribution in [2.24, 2.45) is 0 Å². The number of imide groups is 1. The second-order valence-corrected chi connectivity index (χ2v) is 5.49. The maximum atomic E-state index is 12.0. The van der Waals surface area contributed by atoms with E-state index in [9.17, 15) is 19.6 Å². The van der Waals surface area contributed by atoms with Crippen LogP contribution in [0.4, 0.5) is 4.79 Å². The van der Waals surface area contributed by atoms with Crippen LogP contribution in [0.1, 0.15) is 37.2 Å². The molecular formula is C18H23N3O5. The minimum atomic E-state index is -0.938. The predicted molar refractivity (Wildman–Crippen MR) is 93.9 cm³/mol. The number of ether oxygens (including phenoxy) is 2. The van der Waals surface area contributed by atoms with Crippen LogP contribution < -0.4 is 5.32 Å². The summed E-state index contributed by atoms with van der Waals surface area (Å²) in [6.07, 6.45) is 1.47. The van der Waals surface area contributed by atoms with Gasteiger partial charge in [-0.3, -0.25) is 10.1 Å². The van der Waals surface area contributed by atoms with Crippen molar-refractivity contribution in [1.29, 1.82) is 5.26 Å². The number of nitriles is 1. The van der Waals surface area contributed by atoms with Gasteiger partial charge in [-0.1, -0.05) is 6.92 Å². The Bertz CT molecular complexity index is 756. The lowest BCUT2D eigenvalue weighted by molar-refractivity contribution is -0.144. The first-order chi connectivity index (χ1) is 12.3. The molecule has 0 atom stereocenters. The number of rotatable bonds is 7. The molecule has 0 radical (unpaired) electrons.